The summed E-state index contributed by atoms with van der Waals surface area (Å²) in [6.45, 7) is 1.61. The van der Waals surface area contributed by atoms with Gasteiger partial charge in [0.25, 0.3) is 5.91 Å². The van der Waals surface area contributed by atoms with E-state index in [9.17, 15) is 4.79 Å². The van der Waals surface area contributed by atoms with E-state index in [2.05, 4.69) is 15.4 Å². The number of carbonyl (C=O) groups is 1. The van der Waals surface area contributed by atoms with Crippen molar-refractivity contribution in [3.8, 4) is 11.3 Å². The highest BCUT2D eigenvalue weighted by Crippen LogP contribution is 2.27. The highest BCUT2D eigenvalue weighted by molar-refractivity contribution is 7.10. The number of H-pyrrole nitrogens is 1. The quantitative estimate of drug-likeness (QED) is 0.796. The summed E-state index contributed by atoms with van der Waals surface area (Å²) in [5, 5.41) is 12.8. The minimum atomic E-state index is -0.118. The number of morpholine rings is 1. The van der Waals surface area contributed by atoms with Crippen LogP contribution in [0.2, 0.25) is 0 Å². The van der Waals surface area contributed by atoms with E-state index in [-0.39, 0.29) is 12.0 Å². The van der Waals surface area contributed by atoms with Crippen LogP contribution in [0.1, 0.15) is 21.5 Å². The molecule has 122 valence electrons. The number of aromatic amines is 1. The molecule has 1 aliphatic rings. The molecule has 1 amide bonds. The molecule has 1 aliphatic heterocycles. The maximum Gasteiger partial charge on any atom is 0.276 e. The number of hydrogen-bond donors (Lipinski definition) is 1. The van der Waals surface area contributed by atoms with Gasteiger partial charge in [-0.25, -0.2) is 0 Å². The zero-order valence-electron chi connectivity index (χ0n) is 12.9. The van der Waals surface area contributed by atoms with Crippen LogP contribution in [0.3, 0.4) is 0 Å². The van der Waals surface area contributed by atoms with Crippen molar-refractivity contribution in [1.29, 1.82) is 0 Å². The molecule has 0 radical (unpaired) electrons. The second kappa shape index (κ2) is 6.54. The fraction of sp³-hybridized carbons (Fsp3) is 0.235. The Balaban J connectivity index is 1.57. The third-order valence-electron chi connectivity index (χ3n) is 4.01. The van der Waals surface area contributed by atoms with Crippen LogP contribution in [0.25, 0.3) is 11.3 Å². The van der Waals surface area contributed by atoms with Crippen molar-refractivity contribution in [2.24, 2.45) is 0 Å². The standard InChI is InChI=1S/C17H16N4O2S/c22-17(16-15(18-20-19-16)12-5-2-1-3-6-12)21-8-9-23-13(11-21)14-7-4-10-24-14/h1-7,10,13H,8-9,11H2,(H,18,19,20)/t13-/m0/s1. The topological polar surface area (TPSA) is 71.1 Å². The van der Waals surface area contributed by atoms with E-state index in [1.54, 1.807) is 16.2 Å². The number of nitrogens with zero attached hydrogens (tertiary/aromatic N) is 3. The van der Waals surface area contributed by atoms with Gasteiger partial charge >= 0.3 is 0 Å². The van der Waals surface area contributed by atoms with Crippen LogP contribution in [0.15, 0.2) is 47.8 Å². The molecule has 1 fully saturated rings. The lowest BCUT2D eigenvalue weighted by atomic mass is 10.1. The molecule has 0 saturated carbocycles. The second-order valence-electron chi connectivity index (χ2n) is 5.51. The maximum atomic E-state index is 12.9. The first-order valence-corrected chi connectivity index (χ1v) is 8.61. The summed E-state index contributed by atoms with van der Waals surface area (Å²) >= 11 is 1.64. The van der Waals surface area contributed by atoms with Crippen LogP contribution in [0.5, 0.6) is 0 Å². The highest BCUT2D eigenvalue weighted by atomic mass is 32.1. The van der Waals surface area contributed by atoms with Gasteiger partial charge in [0.05, 0.1) is 13.2 Å². The fourth-order valence-corrected chi connectivity index (χ4v) is 3.57. The van der Waals surface area contributed by atoms with Gasteiger partial charge in [0.1, 0.15) is 11.8 Å². The monoisotopic (exact) mass is 340 g/mol. The van der Waals surface area contributed by atoms with Crippen LogP contribution >= 0.6 is 11.3 Å². The Labute approximate surface area is 143 Å². The van der Waals surface area contributed by atoms with E-state index >= 15 is 0 Å². The summed E-state index contributed by atoms with van der Waals surface area (Å²) in [4.78, 5) is 15.8. The van der Waals surface area contributed by atoms with E-state index < -0.39 is 0 Å². The Morgan fingerprint density at radius 1 is 1.21 bits per heavy atom. The largest absolute Gasteiger partial charge is 0.369 e. The van der Waals surface area contributed by atoms with Gasteiger partial charge in [-0.3, -0.25) is 4.79 Å². The maximum absolute atomic E-state index is 12.9. The predicted molar refractivity (Wildman–Crippen MR) is 90.7 cm³/mol. The number of nitrogens with one attached hydrogen (secondary N) is 1. The Morgan fingerprint density at radius 3 is 2.88 bits per heavy atom. The van der Waals surface area contributed by atoms with Crippen molar-refractivity contribution in [3.05, 3.63) is 58.4 Å². The van der Waals surface area contributed by atoms with E-state index in [0.29, 0.717) is 31.1 Å². The lowest BCUT2D eigenvalue weighted by Crippen LogP contribution is -2.42. The third kappa shape index (κ3) is 2.83. The smallest absolute Gasteiger partial charge is 0.276 e. The Hall–Kier alpha value is -2.51. The Kier molecular flexibility index (Phi) is 4.10. The first-order valence-electron chi connectivity index (χ1n) is 7.73. The molecule has 24 heavy (non-hydrogen) atoms. The number of benzene rings is 1. The van der Waals surface area contributed by atoms with Gasteiger partial charge in [0.15, 0.2) is 5.69 Å². The van der Waals surface area contributed by atoms with Gasteiger partial charge in [-0.2, -0.15) is 15.4 Å². The predicted octanol–water partition coefficient (Wildman–Crippen LogP) is 2.75. The number of amides is 1. The van der Waals surface area contributed by atoms with Crippen molar-refractivity contribution in [3.63, 3.8) is 0 Å². The van der Waals surface area contributed by atoms with E-state index in [4.69, 9.17) is 4.74 Å². The van der Waals surface area contributed by atoms with Gasteiger partial charge in [-0.1, -0.05) is 36.4 Å². The molecule has 4 rings (SSSR count). The van der Waals surface area contributed by atoms with Crippen LogP contribution in [-0.2, 0) is 4.74 Å². The summed E-state index contributed by atoms with van der Waals surface area (Å²) in [5.41, 5.74) is 1.81. The Bertz CT molecular complexity index is 816. The molecule has 1 saturated heterocycles. The van der Waals surface area contributed by atoms with Crippen molar-refractivity contribution in [1.82, 2.24) is 20.3 Å². The van der Waals surface area contributed by atoms with E-state index in [1.165, 1.54) is 0 Å². The van der Waals surface area contributed by atoms with Gasteiger partial charge < -0.3 is 9.64 Å². The molecule has 0 bridgehead atoms. The molecule has 1 N–H and O–H groups in total. The molecule has 1 aromatic carbocycles. The SMILES string of the molecule is O=C(c1n[nH]nc1-c1ccccc1)N1CCO[C@H](c2cccs2)C1. The van der Waals surface area contributed by atoms with Crippen LogP contribution < -0.4 is 0 Å². The number of ether oxygens (including phenoxy) is 1. The molecule has 6 nitrogen and oxygen atoms in total. The molecule has 3 heterocycles. The number of aromatic nitrogens is 3. The first kappa shape index (κ1) is 15.0. The minimum Gasteiger partial charge on any atom is -0.369 e. The van der Waals surface area contributed by atoms with Gasteiger partial charge in [0.2, 0.25) is 0 Å². The van der Waals surface area contributed by atoms with Crippen LogP contribution in [0, 0.1) is 0 Å². The molecule has 1 atom stereocenters. The average molecular weight is 340 g/mol. The van der Waals surface area contributed by atoms with E-state index in [0.717, 1.165) is 10.4 Å². The van der Waals surface area contributed by atoms with Crippen LogP contribution in [-0.4, -0.2) is 45.9 Å². The molecule has 2 aromatic heterocycles. The summed E-state index contributed by atoms with van der Waals surface area (Å²) < 4.78 is 5.81. The number of thiophene rings is 1. The zero-order valence-corrected chi connectivity index (χ0v) is 13.7. The summed E-state index contributed by atoms with van der Waals surface area (Å²) in [6, 6.07) is 13.6. The molecule has 0 spiro atoms. The number of rotatable bonds is 3. The lowest BCUT2D eigenvalue weighted by Gasteiger charge is -2.32. The molecular weight excluding hydrogens is 324 g/mol. The van der Waals surface area contributed by atoms with Gasteiger partial charge in [-0.05, 0) is 11.4 Å². The fourth-order valence-electron chi connectivity index (χ4n) is 2.81. The summed E-state index contributed by atoms with van der Waals surface area (Å²) in [6.07, 6.45) is -0.0743. The molecule has 0 unspecified atom stereocenters. The molecule has 3 aromatic rings. The molecule has 7 heteroatoms. The zero-order chi connectivity index (χ0) is 16.4. The normalized spacial score (nSPS) is 17.8. The van der Waals surface area contributed by atoms with Crippen molar-refractivity contribution in [2.45, 2.75) is 6.10 Å². The summed E-state index contributed by atoms with van der Waals surface area (Å²) in [5.74, 6) is -0.118. The average Bonchev–Trinajstić information content (AvgIpc) is 3.34. The van der Waals surface area contributed by atoms with E-state index in [1.807, 2.05) is 47.8 Å². The number of carbonyl (C=O) groups excluding carboxylic acids is 1. The number of hydrogen-bond acceptors (Lipinski definition) is 5. The van der Waals surface area contributed by atoms with Crippen molar-refractivity contribution < 1.29 is 9.53 Å². The van der Waals surface area contributed by atoms with Gasteiger partial charge in [0, 0.05) is 17.0 Å². The van der Waals surface area contributed by atoms with Crippen LogP contribution in [0.4, 0.5) is 0 Å². The third-order valence-corrected chi connectivity index (χ3v) is 4.98. The molecular formula is C17H16N4O2S. The van der Waals surface area contributed by atoms with Crippen molar-refractivity contribution in [2.75, 3.05) is 19.7 Å². The highest BCUT2D eigenvalue weighted by Gasteiger charge is 2.29. The first-order chi connectivity index (χ1) is 11.8. The summed E-state index contributed by atoms with van der Waals surface area (Å²) in [7, 11) is 0. The molecule has 0 aliphatic carbocycles. The van der Waals surface area contributed by atoms with Crippen molar-refractivity contribution >= 4 is 17.2 Å². The second-order valence-corrected chi connectivity index (χ2v) is 6.49. The van der Waals surface area contributed by atoms with Gasteiger partial charge in [-0.15, -0.1) is 11.3 Å². The minimum absolute atomic E-state index is 0.0743. The Morgan fingerprint density at radius 2 is 2.08 bits per heavy atom. The lowest BCUT2D eigenvalue weighted by molar-refractivity contribution is -0.0213.